The van der Waals surface area contributed by atoms with Crippen LogP contribution in [0, 0.1) is 23.7 Å². The lowest BCUT2D eigenvalue weighted by atomic mass is 9.71. The number of hydrogen-bond donors (Lipinski definition) is 1. The van der Waals surface area contributed by atoms with Gasteiger partial charge in [-0.1, -0.05) is 64.7 Å². The maximum Gasteiger partial charge on any atom is 0.00980 e. The molecule has 3 rings (SSSR count). The van der Waals surface area contributed by atoms with Crippen LogP contribution in [-0.4, -0.2) is 12.6 Å². The van der Waals surface area contributed by atoms with Crippen LogP contribution in [0.15, 0.2) is 0 Å². The van der Waals surface area contributed by atoms with E-state index in [9.17, 15) is 0 Å². The minimum atomic E-state index is 0.861. The van der Waals surface area contributed by atoms with Gasteiger partial charge in [-0.2, -0.15) is 0 Å². The Balaban J connectivity index is 1.52. The van der Waals surface area contributed by atoms with Crippen LogP contribution >= 0.6 is 0 Å². The lowest BCUT2D eigenvalue weighted by Crippen LogP contribution is -2.44. The summed E-state index contributed by atoms with van der Waals surface area (Å²) < 4.78 is 0. The smallest absolute Gasteiger partial charge is 0.00980 e. The fourth-order valence-corrected chi connectivity index (χ4v) is 5.37. The highest BCUT2D eigenvalue weighted by molar-refractivity contribution is 4.88. The molecular weight excluding hydrogens is 242 g/mol. The van der Waals surface area contributed by atoms with Gasteiger partial charge in [0.15, 0.2) is 0 Å². The van der Waals surface area contributed by atoms with Gasteiger partial charge in [0, 0.05) is 6.04 Å². The molecule has 1 N–H and O–H groups in total. The summed E-state index contributed by atoms with van der Waals surface area (Å²) in [6, 6.07) is 0.861. The van der Waals surface area contributed by atoms with Gasteiger partial charge in [0.2, 0.25) is 0 Å². The molecule has 0 aromatic rings. The van der Waals surface area contributed by atoms with E-state index in [0.29, 0.717) is 0 Å². The molecule has 0 amide bonds. The molecule has 0 heterocycles. The van der Waals surface area contributed by atoms with Gasteiger partial charge in [0.25, 0.3) is 0 Å². The zero-order valence-corrected chi connectivity index (χ0v) is 13.6. The largest absolute Gasteiger partial charge is 0.313 e. The molecule has 3 saturated carbocycles. The fraction of sp³-hybridized carbons (Fsp3) is 1.00. The Bertz CT molecular complexity index is 281. The molecule has 0 aromatic carbocycles. The monoisotopic (exact) mass is 277 g/mol. The molecule has 1 heteroatoms. The van der Waals surface area contributed by atoms with Crippen LogP contribution < -0.4 is 5.32 Å². The van der Waals surface area contributed by atoms with E-state index < -0.39 is 0 Å². The molecule has 4 unspecified atom stereocenters. The molecule has 3 fully saturated rings. The molecule has 0 saturated heterocycles. The van der Waals surface area contributed by atoms with E-state index in [0.717, 1.165) is 29.7 Å². The molecule has 0 aliphatic heterocycles. The van der Waals surface area contributed by atoms with E-state index in [1.807, 2.05) is 0 Å². The van der Waals surface area contributed by atoms with Gasteiger partial charge in [-0.15, -0.1) is 0 Å². The van der Waals surface area contributed by atoms with Gasteiger partial charge in [-0.25, -0.2) is 0 Å². The highest BCUT2D eigenvalue weighted by Gasteiger charge is 2.33. The van der Waals surface area contributed by atoms with Crippen molar-refractivity contribution in [1.29, 1.82) is 0 Å². The molecule has 20 heavy (non-hydrogen) atoms. The number of rotatable bonds is 4. The third-order valence-electron chi connectivity index (χ3n) is 6.76. The SMILES string of the molecule is CC1CCCC1CNC1CCCCC1C1CCCCC1. The Kier molecular flexibility index (Phi) is 5.42. The van der Waals surface area contributed by atoms with Gasteiger partial charge < -0.3 is 5.32 Å². The molecule has 1 nitrogen and oxygen atoms in total. The van der Waals surface area contributed by atoms with Crippen molar-refractivity contribution in [3.05, 3.63) is 0 Å². The minimum Gasteiger partial charge on any atom is -0.313 e. The summed E-state index contributed by atoms with van der Waals surface area (Å²) in [5.74, 6) is 4.02. The number of nitrogens with one attached hydrogen (secondary N) is 1. The van der Waals surface area contributed by atoms with Crippen molar-refractivity contribution < 1.29 is 0 Å². The lowest BCUT2D eigenvalue weighted by Gasteiger charge is -2.40. The van der Waals surface area contributed by atoms with E-state index in [2.05, 4.69) is 12.2 Å². The van der Waals surface area contributed by atoms with Gasteiger partial charge in [-0.05, 0) is 49.5 Å². The zero-order valence-electron chi connectivity index (χ0n) is 13.6. The first-order chi connectivity index (χ1) is 9.84. The second kappa shape index (κ2) is 7.29. The molecule has 0 spiro atoms. The predicted molar refractivity (Wildman–Crippen MR) is 86.8 cm³/mol. The zero-order chi connectivity index (χ0) is 13.8. The normalized spacial score (nSPS) is 40.0. The quantitative estimate of drug-likeness (QED) is 0.749. The molecule has 3 aliphatic carbocycles. The van der Waals surface area contributed by atoms with E-state index in [-0.39, 0.29) is 0 Å². The minimum absolute atomic E-state index is 0.861. The van der Waals surface area contributed by atoms with Crippen LogP contribution in [0.1, 0.15) is 84.0 Å². The van der Waals surface area contributed by atoms with Gasteiger partial charge in [-0.3, -0.25) is 0 Å². The maximum atomic E-state index is 4.04. The molecule has 4 atom stereocenters. The topological polar surface area (TPSA) is 12.0 Å². The average molecular weight is 277 g/mol. The number of hydrogen-bond acceptors (Lipinski definition) is 1. The van der Waals surface area contributed by atoms with E-state index in [1.165, 1.54) is 83.6 Å². The first-order valence-corrected chi connectivity index (χ1v) is 9.58. The second-order valence-electron chi connectivity index (χ2n) is 8.03. The lowest BCUT2D eigenvalue weighted by molar-refractivity contribution is 0.145. The average Bonchev–Trinajstić information content (AvgIpc) is 2.92. The van der Waals surface area contributed by atoms with E-state index >= 15 is 0 Å². The summed E-state index contributed by atoms with van der Waals surface area (Å²) in [6.07, 6.45) is 18.0. The highest BCUT2D eigenvalue weighted by atomic mass is 14.9. The van der Waals surface area contributed by atoms with Crippen LogP contribution in [0.5, 0.6) is 0 Å². The summed E-state index contributed by atoms with van der Waals surface area (Å²) in [6.45, 7) is 3.79. The molecule has 0 radical (unpaired) electrons. The van der Waals surface area contributed by atoms with Crippen molar-refractivity contribution in [2.45, 2.75) is 90.0 Å². The first kappa shape index (κ1) is 14.9. The summed E-state index contributed by atoms with van der Waals surface area (Å²) in [7, 11) is 0. The van der Waals surface area contributed by atoms with Crippen LogP contribution in [0.3, 0.4) is 0 Å². The van der Waals surface area contributed by atoms with Crippen LogP contribution in [0.25, 0.3) is 0 Å². The summed E-state index contributed by atoms with van der Waals surface area (Å²) >= 11 is 0. The van der Waals surface area contributed by atoms with Crippen molar-refractivity contribution in [1.82, 2.24) is 5.32 Å². The Morgan fingerprint density at radius 3 is 2.25 bits per heavy atom. The molecular formula is C19H35N. The van der Waals surface area contributed by atoms with Gasteiger partial charge in [0.1, 0.15) is 0 Å². The summed E-state index contributed by atoms with van der Waals surface area (Å²) in [4.78, 5) is 0. The van der Waals surface area contributed by atoms with E-state index in [1.54, 1.807) is 0 Å². The Morgan fingerprint density at radius 1 is 0.750 bits per heavy atom. The van der Waals surface area contributed by atoms with Crippen molar-refractivity contribution in [3.63, 3.8) is 0 Å². The first-order valence-electron chi connectivity index (χ1n) is 9.58. The second-order valence-corrected chi connectivity index (χ2v) is 8.03. The van der Waals surface area contributed by atoms with Crippen LogP contribution in [0.4, 0.5) is 0 Å². The third kappa shape index (κ3) is 3.59. The molecule has 116 valence electrons. The van der Waals surface area contributed by atoms with Crippen molar-refractivity contribution in [2.75, 3.05) is 6.54 Å². The van der Waals surface area contributed by atoms with E-state index in [4.69, 9.17) is 0 Å². The fourth-order valence-electron chi connectivity index (χ4n) is 5.37. The summed E-state index contributed by atoms with van der Waals surface area (Å²) in [5, 5.41) is 4.04. The molecule has 3 aliphatic rings. The van der Waals surface area contributed by atoms with Crippen LogP contribution in [0.2, 0.25) is 0 Å². The summed E-state index contributed by atoms with van der Waals surface area (Å²) in [5.41, 5.74) is 0. The van der Waals surface area contributed by atoms with Crippen LogP contribution in [-0.2, 0) is 0 Å². The standard InChI is InChI=1S/C19H35N/c1-15-8-7-11-17(15)14-20-19-13-6-5-12-18(19)16-9-3-2-4-10-16/h15-20H,2-14H2,1H3. The van der Waals surface area contributed by atoms with Crippen molar-refractivity contribution >= 4 is 0 Å². The van der Waals surface area contributed by atoms with Gasteiger partial charge in [0.05, 0.1) is 0 Å². The third-order valence-corrected chi connectivity index (χ3v) is 6.76. The molecule has 0 bridgehead atoms. The molecule has 0 aromatic heterocycles. The predicted octanol–water partition coefficient (Wildman–Crippen LogP) is 5.15. The highest BCUT2D eigenvalue weighted by Crippen LogP contribution is 2.39. The van der Waals surface area contributed by atoms with Gasteiger partial charge >= 0.3 is 0 Å². The Labute approximate surface area is 126 Å². The Morgan fingerprint density at radius 2 is 1.50 bits per heavy atom. The van der Waals surface area contributed by atoms with Crippen molar-refractivity contribution in [2.24, 2.45) is 23.7 Å². The van der Waals surface area contributed by atoms with Crippen molar-refractivity contribution in [3.8, 4) is 0 Å². The Hall–Kier alpha value is -0.0400. The maximum absolute atomic E-state index is 4.04.